The molecule has 4 amide bonds. The number of nitrogens with zero attached hydrogens (tertiary/aromatic N) is 2. The normalized spacial score (nSPS) is 30.4. The largest absolute Gasteiger partial charge is 0.497 e. The van der Waals surface area contributed by atoms with Crippen molar-refractivity contribution in [3.63, 3.8) is 0 Å². The number of sulfonamides is 1. The van der Waals surface area contributed by atoms with E-state index in [9.17, 15) is 27.6 Å². The highest BCUT2D eigenvalue weighted by atomic mass is 32.2. The second-order valence-corrected chi connectivity index (χ2v) is 21.4. The van der Waals surface area contributed by atoms with E-state index in [-0.39, 0.29) is 49.4 Å². The summed E-state index contributed by atoms with van der Waals surface area (Å²) in [5, 5.41) is 9.42. The molecular formula is C43H55F3N6O9S. The van der Waals surface area contributed by atoms with Gasteiger partial charge in [-0.2, -0.15) is 13.2 Å². The van der Waals surface area contributed by atoms with Crippen LogP contribution in [0.15, 0.2) is 30.4 Å². The lowest BCUT2D eigenvalue weighted by molar-refractivity contribution is -0.144. The van der Waals surface area contributed by atoms with Gasteiger partial charge in [0, 0.05) is 41.8 Å². The summed E-state index contributed by atoms with van der Waals surface area (Å²) in [4.78, 5) is 62.4. The van der Waals surface area contributed by atoms with E-state index < -0.39 is 97.0 Å². The van der Waals surface area contributed by atoms with Crippen LogP contribution in [-0.2, 0) is 35.3 Å². The average molecular weight is 889 g/mol. The van der Waals surface area contributed by atoms with Crippen molar-refractivity contribution in [2.24, 2.45) is 5.92 Å². The van der Waals surface area contributed by atoms with Crippen LogP contribution in [0.3, 0.4) is 0 Å². The second kappa shape index (κ2) is 15.6. The van der Waals surface area contributed by atoms with Crippen molar-refractivity contribution >= 4 is 44.7 Å². The Hall–Kier alpha value is -4.65. The van der Waals surface area contributed by atoms with Crippen molar-refractivity contribution in [3.05, 3.63) is 41.6 Å². The third-order valence-electron chi connectivity index (χ3n) is 13.0. The Morgan fingerprint density at radius 3 is 2.42 bits per heavy atom. The Kier molecular flexibility index (Phi) is 11.0. The lowest BCUT2D eigenvalue weighted by Gasteiger charge is -2.41. The van der Waals surface area contributed by atoms with Crippen LogP contribution in [0.2, 0.25) is 0 Å². The zero-order valence-electron chi connectivity index (χ0n) is 35.6. The van der Waals surface area contributed by atoms with Crippen molar-refractivity contribution in [1.82, 2.24) is 30.6 Å². The molecule has 338 valence electrons. The first-order chi connectivity index (χ1) is 29.1. The number of alkyl carbamates (subject to hydrolysis) is 1. The maximum atomic E-state index is 15.1. The fourth-order valence-electron chi connectivity index (χ4n) is 9.08. The summed E-state index contributed by atoms with van der Waals surface area (Å²) in [6, 6.07) is 1.22. The molecule has 3 aliphatic heterocycles. The monoisotopic (exact) mass is 888 g/mol. The summed E-state index contributed by atoms with van der Waals surface area (Å²) in [5.41, 5.74) is -5.15. The first kappa shape index (κ1) is 44.0. The maximum Gasteiger partial charge on any atom is 0.437 e. The van der Waals surface area contributed by atoms with Gasteiger partial charge in [-0.05, 0) is 97.3 Å². The Bertz CT molecular complexity index is 2310. The number of carbonyl (C=O) groups excluding carboxylic acids is 4. The summed E-state index contributed by atoms with van der Waals surface area (Å²) in [5.74, 6) is -3.11. The summed E-state index contributed by atoms with van der Waals surface area (Å²) < 4.78 is 90.6. The topological polar surface area (TPSA) is 194 Å². The summed E-state index contributed by atoms with van der Waals surface area (Å²) in [7, 11) is -2.66. The van der Waals surface area contributed by atoms with Crippen molar-refractivity contribution < 1.29 is 55.0 Å². The third-order valence-corrected chi connectivity index (χ3v) is 15.2. The Labute approximate surface area is 358 Å². The number of benzene rings is 1. The fraction of sp³-hybridized carbons (Fsp3) is 0.651. The molecule has 3 saturated carbocycles. The van der Waals surface area contributed by atoms with Crippen LogP contribution >= 0.6 is 0 Å². The number of methoxy groups -OCH3 is 1. The van der Waals surface area contributed by atoms with Crippen LogP contribution in [0.4, 0.5) is 18.0 Å². The van der Waals surface area contributed by atoms with Gasteiger partial charge in [-0.1, -0.05) is 25.0 Å². The minimum Gasteiger partial charge on any atom is -0.497 e. The minimum absolute atomic E-state index is 0.00207. The molecule has 2 aromatic rings. The SMILES string of the molecule is COc1ccc2nc(C(F)(F)F)c3c(c2c1)[C@H](NC1CC1)C[C@]1(C[C@H]2C(=O)N[C@]4(C(=O)NS(=O)(=O)C5(C)CC5)C[C@H]4/C=C\CCCCC[C@H](NC(=O)OC(C)(C)C)C(=O)N2C1)O3. The van der Waals surface area contributed by atoms with E-state index in [2.05, 4.69) is 25.7 Å². The number of carbonyl (C=O) groups is 4. The lowest BCUT2D eigenvalue weighted by Crippen LogP contribution is -2.58. The van der Waals surface area contributed by atoms with Crippen molar-refractivity contribution in [2.45, 2.75) is 157 Å². The molecular weight excluding hydrogens is 834 g/mol. The molecule has 62 heavy (non-hydrogen) atoms. The molecule has 1 aromatic carbocycles. The van der Waals surface area contributed by atoms with Gasteiger partial charge in [-0.3, -0.25) is 19.1 Å². The number of nitrogens with one attached hydrogen (secondary N) is 4. The molecule has 15 nitrogen and oxygen atoms in total. The third kappa shape index (κ3) is 8.67. The molecule has 4 fully saturated rings. The molecule has 1 saturated heterocycles. The lowest BCUT2D eigenvalue weighted by atomic mass is 9.83. The average Bonchev–Trinajstić information content (AvgIpc) is 4.13. The maximum absolute atomic E-state index is 15.1. The molecule has 3 aliphatic carbocycles. The number of rotatable bonds is 7. The number of allylic oxidation sites excluding steroid dienone is 1. The van der Waals surface area contributed by atoms with Crippen LogP contribution in [-0.4, -0.2) is 95.4 Å². The van der Waals surface area contributed by atoms with Gasteiger partial charge in [-0.15, -0.1) is 0 Å². The highest BCUT2D eigenvalue weighted by Gasteiger charge is 2.64. The summed E-state index contributed by atoms with van der Waals surface area (Å²) in [6.45, 7) is 6.19. The Morgan fingerprint density at radius 1 is 1.02 bits per heavy atom. The van der Waals surface area contributed by atoms with E-state index >= 15 is 13.2 Å². The minimum atomic E-state index is -4.97. The molecule has 0 bridgehead atoms. The number of halogens is 3. The molecule has 6 aliphatic rings. The van der Waals surface area contributed by atoms with Gasteiger partial charge < -0.3 is 35.1 Å². The van der Waals surface area contributed by atoms with Crippen LogP contribution in [0.5, 0.6) is 11.5 Å². The van der Waals surface area contributed by atoms with E-state index in [0.717, 1.165) is 12.8 Å². The van der Waals surface area contributed by atoms with Crippen LogP contribution < -0.4 is 30.1 Å². The smallest absolute Gasteiger partial charge is 0.437 e. The number of fused-ring (bicyclic) bond motifs is 5. The first-order valence-corrected chi connectivity index (χ1v) is 22.9. The molecule has 4 heterocycles. The first-order valence-electron chi connectivity index (χ1n) is 21.5. The molecule has 19 heteroatoms. The Morgan fingerprint density at radius 2 is 1.76 bits per heavy atom. The molecule has 1 spiro atoms. The molecule has 0 radical (unpaired) electrons. The predicted octanol–water partition coefficient (Wildman–Crippen LogP) is 5.46. The molecule has 1 aromatic heterocycles. The molecule has 0 unspecified atom stereocenters. The van der Waals surface area contributed by atoms with Gasteiger partial charge in [-0.25, -0.2) is 18.2 Å². The quantitative estimate of drug-likeness (QED) is 0.258. The number of amides is 4. The van der Waals surface area contributed by atoms with Gasteiger partial charge in [0.2, 0.25) is 21.8 Å². The number of alkyl halides is 3. The van der Waals surface area contributed by atoms with Crippen molar-refractivity contribution in [1.29, 1.82) is 0 Å². The van der Waals surface area contributed by atoms with E-state index in [4.69, 9.17) is 14.2 Å². The standard InChI is InChI=1S/C43H55F3N6O9S/c1-39(2,3)61-38(56)49-29-12-10-8-6-7-9-11-24-20-42(24,37(55)51-62(57,58)40(4)17-18-40)50-35(53)31-22-41(23-52(31)36(29)54)21-30(47-25-13-14-25)32-27-19-26(59-5)15-16-28(27)48-34(33(32)60-41)43(44,45)46/h9,11,15-16,19,24-25,29-31,47H,6-8,10,12-14,17-18,20-23H2,1-5H3,(H,49,56)(H,50,53)(H,51,55)/b11-9-/t24-,29+,30-,31+,41-,42-/m1/s1. The van der Waals surface area contributed by atoms with Gasteiger partial charge in [0.1, 0.15) is 34.6 Å². The fourth-order valence-corrected chi connectivity index (χ4v) is 10.4. The number of ether oxygens (including phenoxy) is 3. The zero-order valence-corrected chi connectivity index (χ0v) is 36.4. The van der Waals surface area contributed by atoms with E-state index in [1.165, 1.54) is 31.1 Å². The molecule has 6 atom stereocenters. The van der Waals surface area contributed by atoms with Crippen LogP contribution in [0, 0.1) is 5.92 Å². The van der Waals surface area contributed by atoms with Crippen molar-refractivity contribution in [3.8, 4) is 11.5 Å². The summed E-state index contributed by atoms with van der Waals surface area (Å²) in [6.07, 6.45) is 2.60. The number of hydrogen-bond acceptors (Lipinski definition) is 11. The van der Waals surface area contributed by atoms with Crippen LogP contribution in [0.25, 0.3) is 10.9 Å². The van der Waals surface area contributed by atoms with E-state index in [1.54, 1.807) is 32.9 Å². The van der Waals surface area contributed by atoms with Gasteiger partial charge in [0.25, 0.3) is 5.91 Å². The number of hydrogen-bond donors (Lipinski definition) is 4. The number of pyridine rings is 1. The Balaban J connectivity index is 1.21. The van der Waals surface area contributed by atoms with E-state index in [0.29, 0.717) is 49.7 Å². The predicted molar refractivity (Wildman–Crippen MR) is 219 cm³/mol. The van der Waals surface area contributed by atoms with Crippen LogP contribution in [0.1, 0.15) is 122 Å². The highest BCUT2D eigenvalue weighted by Crippen LogP contribution is 2.53. The van der Waals surface area contributed by atoms with Crippen molar-refractivity contribution in [2.75, 3.05) is 13.7 Å². The van der Waals surface area contributed by atoms with Gasteiger partial charge >= 0.3 is 12.3 Å². The number of aromatic nitrogens is 1. The summed E-state index contributed by atoms with van der Waals surface area (Å²) >= 11 is 0. The van der Waals surface area contributed by atoms with Gasteiger partial charge in [0.15, 0.2) is 11.4 Å². The second-order valence-electron chi connectivity index (χ2n) is 19.2. The van der Waals surface area contributed by atoms with Gasteiger partial charge in [0.05, 0.1) is 23.9 Å². The molecule has 8 rings (SSSR count). The highest BCUT2D eigenvalue weighted by molar-refractivity contribution is 7.91. The molecule has 4 N–H and O–H groups in total. The zero-order chi connectivity index (χ0) is 44.6. The van der Waals surface area contributed by atoms with E-state index in [1.807, 2.05) is 6.08 Å².